The number of rotatable bonds is 0. The molecule has 6 heteroatoms. The molecule has 0 saturated carbocycles. The molecular weight excluding hydrogens is 182 g/mol. The van der Waals surface area contributed by atoms with Crippen LogP contribution in [0.2, 0.25) is 0 Å². The summed E-state index contributed by atoms with van der Waals surface area (Å²) in [6.45, 7) is 0. The first-order valence-corrected chi connectivity index (χ1v) is 4.08. The Labute approximate surface area is 77.2 Å². The number of nitrogens with one attached hydrogen (secondary N) is 2. The molecule has 0 spiro atoms. The predicted octanol–water partition coefficient (Wildman–Crippen LogP) is -0.615. The Bertz CT molecular complexity index is 668. The Morgan fingerprint density at radius 3 is 3.36 bits per heavy atom. The fourth-order valence-electron chi connectivity index (χ4n) is 1.41. The van der Waals surface area contributed by atoms with E-state index in [4.69, 9.17) is 0 Å². The first kappa shape index (κ1) is 7.19. The first-order valence-electron chi connectivity index (χ1n) is 4.08. The van der Waals surface area contributed by atoms with Gasteiger partial charge in [0.25, 0.3) is 5.56 Å². The lowest BCUT2D eigenvalue weighted by Gasteiger charge is -1.88. The zero-order valence-corrected chi connectivity index (χ0v) is 7.06. The molecule has 0 aromatic carbocycles. The molecule has 2 N–H and O–H groups in total. The topological polar surface area (TPSA) is 77.2 Å². The molecule has 0 fully saturated rings. The van der Waals surface area contributed by atoms with Gasteiger partial charge < -0.3 is 0 Å². The number of pyridine rings is 1. The molecule has 0 atom stereocenters. The van der Waals surface area contributed by atoms with Crippen LogP contribution < -0.4 is 10.5 Å². The number of hydrogen-bond donors (Lipinski definition) is 1. The van der Waals surface area contributed by atoms with Crippen molar-refractivity contribution < 1.29 is 4.98 Å². The molecule has 0 aliphatic heterocycles. The van der Waals surface area contributed by atoms with Crippen LogP contribution in [0.15, 0.2) is 29.5 Å². The molecule has 68 valence electrons. The van der Waals surface area contributed by atoms with Gasteiger partial charge in [-0.15, -0.1) is 0 Å². The highest BCUT2D eigenvalue weighted by Crippen LogP contribution is 1.99. The fraction of sp³-hybridized carbons (Fsp3) is 0. The number of aromatic amines is 2. The monoisotopic (exact) mass is 188 g/mol. The van der Waals surface area contributed by atoms with Crippen molar-refractivity contribution in [3.63, 3.8) is 0 Å². The van der Waals surface area contributed by atoms with Gasteiger partial charge in [-0.1, -0.05) is 0 Å². The lowest BCUT2D eigenvalue weighted by Crippen LogP contribution is -2.18. The summed E-state index contributed by atoms with van der Waals surface area (Å²) in [6, 6.07) is 3.48. The van der Waals surface area contributed by atoms with E-state index >= 15 is 0 Å². The van der Waals surface area contributed by atoms with Crippen LogP contribution in [0, 0.1) is 0 Å². The average molecular weight is 188 g/mol. The second-order valence-corrected chi connectivity index (χ2v) is 2.90. The molecule has 6 nitrogen and oxygen atoms in total. The lowest BCUT2D eigenvalue weighted by atomic mass is 10.3. The SMILES string of the molecule is O=c1c2ccc[nH+]c2nc2[nH]ncn12. The summed E-state index contributed by atoms with van der Waals surface area (Å²) >= 11 is 0. The van der Waals surface area contributed by atoms with E-state index in [-0.39, 0.29) is 5.56 Å². The van der Waals surface area contributed by atoms with Gasteiger partial charge >= 0.3 is 11.4 Å². The minimum atomic E-state index is -0.129. The molecule has 0 radical (unpaired) electrons. The third-order valence-corrected chi connectivity index (χ3v) is 2.07. The number of fused-ring (bicyclic) bond motifs is 2. The van der Waals surface area contributed by atoms with Gasteiger partial charge in [-0.3, -0.25) is 4.79 Å². The molecule has 0 aliphatic rings. The van der Waals surface area contributed by atoms with Crippen LogP contribution in [0.4, 0.5) is 0 Å². The standard InChI is InChI=1S/C8H5N5O/c14-7-5-2-1-3-9-6(5)11-8-12-10-4-13(7)8/h1-4H,(H,9,11,12)/p+1. The number of hydrogen-bond acceptors (Lipinski definition) is 3. The van der Waals surface area contributed by atoms with Crippen LogP contribution in [0.5, 0.6) is 0 Å². The maximum atomic E-state index is 11.8. The van der Waals surface area contributed by atoms with E-state index in [0.29, 0.717) is 16.8 Å². The summed E-state index contributed by atoms with van der Waals surface area (Å²) < 4.78 is 1.37. The minimum absolute atomic E-state index is 0.129. The molecular formula is C8H6N5O+. The van der Waals surface area contributed by atoms with E-state index in [1.807, 2.05) is 0 Å². The second kappa shape index (κ2) is 2.38. The van der Waals surface area contributed by atoms with Crippen molar-refractivity contribution in [1.29, 1.82) is 0 Å². The van der Waals surface area contributed by atoms with Gasteiger partial charge in [-0.2, -0.15) is 5.10 Å². The van der Waals surface area contributed by atoms with E-state index in [1.165, 1.54) is 10.7 Å². The summed E-state index contributed by atoms with van der Waals surface area (Å²) in [7, 11) is 0. The highest BCUT2D eigenvalue weighted by atomic mass is 16.1. The Morgan fingerprint density at radius 1 is 1.50 bits per heavy atom. The lowest BCUT2D eigenvalue weighted by molar-refractivity contribution is -0.347. The fourth-order valence-corrected chi connectivity index (χ4v) is 1.41. The third-order valence-electron chi connectivity index (χ3n) is 2.07. The number of nitrogens with zero attached hydrogens (tertiary/aromatic N) is 3. The van der Waals surface area contributed by atoms with Gasteiger partial charge in [-0.05, 0) is 17.1 Å². The van der Waals surface area contributed by atoms with Gasteiger partial charge in [0.2, 0.25) is 0 Å². The zero-order valence-electron chi connectivity index (χ0n) is 7.06. The van der Waals surface area contributed by atoms with E-state index in [1.54, 1.807) is 18.3 Å². The molecule has 3 rings (SSSR count). The van der Waals surface area contributed by atoms with Crippen molar-refractivity contribution in [2.24, 2.45) is 0 Å². The van der Waals surface area contributed by atoms with Crippen molar-refractivity contribution in [1.82, 2.24) is 19.6 Å². The quantitative estimate of drug-likeness (QED) is 0.511. The summed E-state index contributed by atoms with van der Waals surface area (Å²) in [5.74, 6) is 0.435. The molecule has 14 heavy (non-hydrogen) atoms. The highest BCUT2D eigenvalue weighted by Gasteiger charge is 2.12. The average Bonchev–Trinajstić information content (AvgIpc) is 2.66. The number of H-pyrrole nitrogens is 2. The van der Waals surface area contributed by atoms with Crippen molar-refractivity contribution in [2.75, 3.05) is 0 Å². The molecule has 3 aromatic rings. The molecule has 3 aromatic heterocycles. The Kier molecular flexibility index (Phi) is 1.22. The third kappa shape index (κ3) is 0.792. The van der Waals surface area contributed by atoms with Crippen molar-refractivity contribution in [3.05, 3.63) is 35.0 Å². The highest BCUT2D eigenvalue weighted by molar-refractivity contribution is 5.71. The predicted molar refractivity (Wildman–Crippen MR) is 47.7 cm³/mol. The Hall–Kier alpha value is -2.24. The van der Waals surface area contributed by atoms with E-state index < -0.39 is 0 Å². The normalized spacial score (nSPS) is 11.1. The van der Waals surface area contributed by atoms with Crippen LogP contribution >= 0.6 is 0 Å². The van der Waals surface area contributed by atoms with Crippen LogP contribution in [-0.4, -0.2) is 19.6 Å². The van der Waals surface area contributed by atoms with Gasteiger partial charge in [-0.25, -0.2) is 14.5 Å². The van der Waals surface area contributed by atoms with Gasteiger partial charge in [0.1, 0.15) is 11.7 Å². The molecule has 0 bridgehead atoms. The van der Waals surface area contributed by atoms with Crippen molar-refractivity contribution >= 4 is 16.8 Å². The van der Waals surface area contributed by atoms with Gasteiger partial charge in [0.05, 0.1) is 6.20 Å². The number of aromatic nitrogens is 5. The molecule has 0 saturated heterocycles. The van der Waals surface area contributed by atoms with Gasteiger partial charge in [0, 0.05) is 0 Å². The first-order chi connectivity index (χ1) is 6.86. The second-order valence-electron chi connectivity index (χ2n) is 2.90. The largest absolute Gasteiger partial charge is 0.348 e. The van der Waals surface area contributed by atoms with Crippen LogP contribution in [0.25, 0.3) is 16.8 Å². The molecule has 3 heterocycles. The summed E-state index contributed by atoms with van der Waals surface area (Å²) in [4.78, 5) is 18.9. The van der Waals surface area contributed by atoms with E-state index in [0.717, 1.165) is 0 Å². The van der Waals surface area contributed by atoms with Crippen molar-refractivity contribution in [3.8, 4) is 0 Å². The Balaban J connectivity index is 2.70. The van der Waals surface area contributed by atoms with Crippen LogP contribution in [0.1, 0.15) is 0 Å². The minimum Gasteiger partial charge on any atom is -0.268 e. The summed E-state index contributed by atoms with van der Waals surface area (Å²) in [6.07, 6.45) is 3.14. The maximum Gasteiger partial charge on any atom is 0.348 e. The van der Waals surface area contributed by atoms with Crippen molar-refractivity contribution in [2.45, 2.75) is 0 Å². The summed E-state index contributed by atoms with van der Waals surface area (Å²) in [5, 5.41) is 6.93. The van der Waals surface area contributed by atoms with E-state index in [9.17, 15) is 4.79 Å². The van der Waals surface area contributed by atoms with Gasteiger partial charge in [0.15, 0.2) is 0 Å². The summed E-state index contributed by atoms with van der Waals surface area (Å²) in [5.41, 5.74) is 0.428. The Morgan fingerprint density at radius 2 is 2.43 bits per heavy atom. The zero-order chi connectivity index (χ0) is 9.54. The molecule has 0 amide bonds. The maximum absolute atomic E-state index is 11.8. The smallest absolute Gasteiger partial charge is 0.268 e. The molecule has 0 aliphatic carbocycles. The van der Waals surface area contributed by atoms with E-state index in [2.05, 4.69) is 20.2 Å². The van der Waals surface area contributed by atoms with Crippen LogP contribution in [0.3, 0.4) is 0 Å². The van der Waals surface area contributed by atoms with Crippen LogP contribution in [-0.2, 0) is 0 Å². The molecule has 0 unspecified atom stereocenters.